The molecule has 0 aromatic heterocycles. The van der Waals surface area contributed by atoms with E-state index in [1.165, 1.54) is 18.2 Å². The van der Waals surface area contributed by atoms with Crippen LogP contribution in [0, 0.1) is 18.6 Å². The number of aryl methyl sites for hydroxylation is 1. The zero-order chi connectivity index (χ0) is 26.3. The normalized spacial score (nSPS) is 12.4. The number of aliphatic hydroxyl groups is 1. The second-order valence-corrected chi connectivity index (χ2v) is 9.35. The van der Waals surface area contributed by atoms with Crippen LogP contribution in [0.3, 0.4) is 0 Å². The van der Waals surface area contributed by atoms with E-state index in [1.54, 1.807) is 37.3 Å². The van der Waals surface area contributed by atoms with Crippen molar-refractivity contribution in [2.75, 3.05) is 13.2 Å². The van der Waals surface area contributed by atoms with Crippen LogP contribution in [-0.2, 0) is 17.8 Å². The van der Waals surface area contributed by atoms with Crippen LogP contribution in [0.5, 0.6) is 11.5 Å². The number of aromatic carboxylic acids is 1. The average molecular weight is 500 g/mol. The number of ether oxygens (including phenoxy) is 2. The predicted molar refractivity (Wildman–Crippen MR) is 132 cm³/mol. The first-order valence-corrected chi connectivity index (χ1v) is 11.6. The van der Waals surface area contributed by atoms with Crippen molar-refractivity contribution in [1.29, 1.82) is 0 Å². The van der Waals surface area contributed by atoms with E-state index in [1.807, 2.05) is 19.9 Å². The topological polar surface area (TPSA) is 88.0 Å². The van der Waals surface area contributed by atoms with Crippen LogP contribution < -0.4 is 10.1 Å². The number of hydrogen-bond acceptors (Lipinski definition) is 5. The first-order valence-electron chi connectivity index (χ1n) is 11.6. The van der Waals surface area contributed by atoms with Gasteiger partial charge in [0.1, 0.15) is 11.6 Å². The van der Waals surface area contributed by atoms with Gasteiger partial charge in [0.25, 0.3) is 0 Å². The minimum Gasteiger partial charge on any atom is -0.478 e. The van der Waals surface area contributed by atoms with E-state index in [4.69, 9.17) is 14.6 Å². The van der Waals surface area contributed by atoms with Crippen LogP contribution in [0.2, 0.25) is 0 Å². The summed E-state index contributed by atoms with van der Waals surface area (Å²) >= 11 is 0. The number of hydrogen-bond donors (Lipinski definition) is 3. The molecule has 192 valence electrons. The molecule has 0 aliphatic heterocycles. The Morgan fingerprint density at radius 2 is 1.78 bits per heavy atom. The van der Waals surface area contributed by atoms with Gasteiger partial charge in [0, 0.05) is 17.6 Å². The highest BCUT2D eigenvalue weighted by Gasteiger charge is 2.20. The van der Waals surface area contributed by atoms with E-state index < -0.39 is 17.9 Å². The van der Waals surface area contributed by atoms with Crippen LogP contribution in [0.15, 0.2) is 60.7 Å². The van der Waals surface area contributed by atoms with Gasteiger partial charge >= 0.3 is 5.97 Å². The van der Waals surface area contributed by atoms with E-state index in [2.05, 4.69) is 5.32 Å². The van der Waals surface area contributed by atoms with Gasteiger partial charge in [0.15, 0.2) is 11.6 Å². The van der Waals surface area contributed by atoms with Gasteiger partial charge < -0.3 is 25.0 Å². The number of aliphatic hydroxyl groups excluding tert-OH is 1. The van der Waals surface area contributed by atoms with Crippen molar-refractivity contribution in [2.45, 2.75) is 45.4 Å². The number of β-amino-alcohol motifs (C(OH)–C–C–N with tert-alkyl or cyclic N) is 1. The fourth-order valence-corrected chi connectivity index (χ4v) is 3.63. The van der Waals surface area contributed by atoms with Crippen LogP contribution in [0.1, 0.15) is 40.9 Å². The molecule has 3 aromatic rings. The fraction of sp³-hybridized carbons (Fsp3) is 0.321. The lowest BCUT2D eigenvalue weighted by molar-refractivity contribution is 0.0252. The molecule has 3 rings (SSSR count). The summed E-state index contributed by atoms with van der Waals surface area (Å²) in [5.41, 5.74) is 1.57. The molecule has 36 heavy (non-hydrogen) atoms. The lowest BCUT2D eigenvalue weighted by Gasteiger charge is -2.28. The lowest BCUT2D eigenvalue weighted by atomic mass is 9.94. The Kier molecular flexibility index (Phi) is 9.14. The number of rotatable bonds is 12. The van der Waals surface area contributed by atoms with Gasteiger partial charge in [0.2, 0.25) is 0 Å². The molecule has 0 spiro atoms. The van der Waals surface area contributed by atoms with E-state index in [0.717, 1.165) is 11.6 Å². The summed E-state index contributed by atoms with van der Waals surface area (Å²) in [6.45, 7) is 6.13. The van der Waals surface area contributed by atoms with Crippen LogP contribution in [0.25, 0.3) is 0 Å². The summed E-state index contributed by atoms with van der Waals surface area (Å²) in [7, 11) is 0. The van der Waals surface area contributed by atoms with Crippen molar-refractivity contribution in [1.82, 2.24) is 5.32 Å². The number of para-hydroxylation sites is 1. The van der Waals surface area contributed by atoms with E-state index in [-0.39, 0.29) is 42.4 Å². The van der Waals surface area contributed by atoms with Gasteiger partial charge in [-0.15, -0.1) is 0 Å². The summed E-state index contributed by atoms with van der Waals surface area (Å²) in [4.78, 5) is 11.0. The second-order valence-electron chi connectivity index (χ2n) is 9.35. The van der Waals surface area contributed by atoms with Crippen molar-refractivity contribution >= 4 is 5.97 Å². The Morgan fingerprint density at radius 1 is 1.03 bits per heavy atom. The fourth-order valence-electron chi connectivity index (χ4n) is 3.63. The molecule has 0 fully saturated rings. The average Bonchev–Trinajstić information content (AvgIpc) is 2.82. The first kappa shape index (κ1) is 27.3. The van der Waals surface area contributed by atoms with Gasteiger partial charge in [-0.1, -0.05) is 30.3 Å². The molecule has 0 bridgehead atoms. The number of carboxylic acid groups (broad SMARTS) is 1. The Hall–Kier alpha value is -3.33. The van der Waals surface area contributed by atoms with Gasteiger partial charge in [-0.05, 0) is 68.7 Å². The minimum absolute atomic E-state index is 0.0538. The molecule has 0 aliphatic rings. The van der Waals surface area contributed by atoms with Gasteiger partial charge in [-0.25, -0.2) is 13.6 Å². The lowest BCUT2D eigenvalue weighted by Crippen LogP contribution is -2.46. The SMILES string of the molecule is Cc1ccc(CC(C)(C)NC[C@@H](O)COCc2ccccc2Oc2ccc(C(=O)O)cc2F)cc1F. The number of halogens is 2. The van der Waals surface area contributed by atoms with Crippen molar-refractivity contribution in [3.8, 4) is 11.5 Å². The molecule has 3 N–H and O–H groups in total. The van der Waals surface area contributed by atoms with Crippen LogP contribution >= 0.6 is 0 Å². The highest BCUT2D eigenvalue weighted by Crippen LogP contribution is 2.28. The van der Waals surface area contributed by atoms with E-state index in [9.17, 15) is 18.7 Å². The zero-order valence-electron chi connectivity index (χ0n) is 20.6. The third-order valence-corrected chi connectivity index (χ3v) is 5.64. The molecule has 3 aromatic carbocycles. The molecule has 0 heterocycles. The summed E-state index contributed by atoms with van der Waals surface area (Å²) in [6, 6.07) is 15.5. The smallest absolute Gasteiger partial charge is 0.335 e. The summed E-state index contributed by atoms with van der Waals surface area (Å²) < 4.78 is 39.4. The predicted octanol–water partition coefficient (Wildman–Crippen LogP) is 5.25. The largest absolute Gasteiger partial charge is 0.478 e. The molecule has 0 saturated carbocycles. The van der Waals surface area contributed by atoms with Crippen molar-refractivity contribution in [3.63, 3.8) is 0 Å². The molecule has 1 atom stereocenters. The monoisotopic (exact) mass is 499 g/mol. The molecule has 0 amide bonds. The van der Waals surface area contributed by atoms with Gasteiger partial charge in [-0.2, -0.15) is 0 Å². The molecule has 6 nitrogen and oxygen atoms in total. The zero-order valence-corrected chi connectivity index (χ0v) is 20.6. The molecular formula is C28H31F2NO5. The summed E-state index contributed by atoms with van der Waals surface area (Å²) in [5, 5.41) is 22.6. The standard InChI is InChI=1S/C28H31F2NO5/c1-18-8-9-19(12-23(18)29)14-28(2,3)31-15-22(32)17-35-16-21-6-4-5-7-25(21)36-26-11-10-20(27(33)34)13-24(26)30/h4-13,22,31-32H,14-17H2,1-3H3,(H,33,34)/t22-/m1/s1. The summed E-state index contributed by atoms with van der Waals surface area (Å²) in [6.07, 6.45) is -0.194. The van der Waals surface area contributed by atoms with Gasteiger partial charge in [-0.3, -0.25) is 0 Å². The maximum atomic E-state index is 14.3. The van der Waals surface area contributed by atoms with E-state index in [0.29, 0.717) is 23.3 Å². The molecule has 8 heteroatoms. The number of benzene rings is 3. The molecular weight excluding hydrogens is 468 g/mol. The Balaban J connectivity index is 1.50. The highest BCUT2D eigenvalue weighted by molar-refractivity contribution is 5.87. The maximum absolute atomic E-state index is 14.3. The van der Waals surface area contributed by atoms with Crippen molar-refractivity contribution in [3.05, 3.63) is 94.6 Å². The maximum Gasteiger partial charge on any atom is 0.335 e. The van der Waals surface area contributed by atoms with Crippen molar-refractivity contribution < 1.29 is 33.3 Å². The molecule has 0 radical (unpaired) electrons. The Morgan fingerprint density at radius 3 is 2.47 bits per heavy atom. The molecule has 0 saturated heterocycles. The Bertz CT molecular complexity index is 1200. The highest BCUT2D eigenvalue weighted by atomic mass is 19.1. The quantitative estimate of drug-likeness (QED) is 0.315. The van der Waals surface area contributed by atoms with Gasteiger partial charge in [0.05, 0.1) is 24.9 Å². The van der Waals surface area contributed by atoms with Crippen LogP contribution in [0.4, 0.5) is 8.78 Å². The Labute approximate surface area is 209 Å². The third kappa shape index (κ3) is 7.84. The molecule has 0 aliphatic carbocycles. The summed E-state index contributed by atoms with van der Waals surface area (Å²) in [5.74, 6) is -2.00. The second kappa shape index (κ2) is 12.1. The number of nitrogens with one attached hydrogen (secondary N) is 1. The third-order valence-electron chi connectivity index (χ3n) is 5.64. The minimum atomic E-state index is -1.23. The molecule has 0 unspecified atom stereocenters. The number of carboxylic acids is 1. The number of carbonyl (C=O) groups is 1. The van der Waals surface area contributed by atoms with Crippen molar-refractivity contribution in [2.24, 2.45) is 0 Å². The van der Waals surface area contributed by atoms with Crippen LogP contribution in [-0.4, -0.2) is 41.0 Å². The van der Waals surface area contributed by atoms with E-state index >= 15 is 0 Å². The first-order chi connectivity index (χ1) is 17.0.